The molecule has 0 spiro atoms. The minimum Gasteiger partial charge on any atom is -0.462 e. The molecule has 0 unspecified atom stereocenters. The van der Waals surface area contributed by atoms with Gasteiger partial charge < -0.3 is 9.30 Å². The summed E-state index contributed by atoms with van der Waals surface area (Å²) in [7, 11) is 0. The molecule has 2 saturated carbocycles. The van der Waals surface area contributed by atoms with E-state index < -0.39 is 0 Å². The highest BCUT2D eigenvalue weighted by atomic mass is 16.5. The number of hydrogen-bond donors (Lipinski definition) is 0. The molecule has 1 aromatic heterocycles. The summed E-state index contributed by atoms with van der Waals surface area (Å²) in [5, 5.41) is 5.51. The Balaban J connectivity index is 1.25. The van der Waals surface area contributed by atoms with Crippen LogP contribution in [0.3, 0.4) is 0 Å². The smallest absolute Gasteiger partial charge is 0.338 e. The van der Waals surface area contributed by atoms with E-state index in [9.17, 15) is 14.4 Å². The minimum atomic E-state index is -0.343. The van der Waals surface area contributed by atoms with Crippen molar-refractivity contribution in [2.45, 2.75) is 27.2 Å². The van der Waals surface area contributed by atoms with Gasteiger partial charge in [-0.15, -0.1) is 0 Å². The second-order valence-electron chi connectivity index (χ2n) is 9.82. The summed E-state index contributed by atoms with van der Waals surface area (Å²) in [6.45, 7) is 6.07. The maximum absolute atomic E-state index is 13.2. The van der Waals surface area contributed by atoms with Crippen LogP contribution in [0.5, 0.6) is 0 Å². The van der Waals surface area contributed by atoms with Crippen molar-refractivity contribution in [1.82, 2.24) is 9.58 Å². The number of aryl methyl sites for hydroxylation is 1. The van der Waals surface area contributed by atoms with Gasteiger partial charge in [0.15, 0.2) is 0 Å². The van der Waals surface area contributed by atoms with Crippen LogP contribution in [0.4, 0.5) is 0 Å². The number of benzene rings is 1. The normalized spacial score (nSPS) is 30.7. The Kier molecular flexibility index (Phi) is 4.66. The highest BCUT2D eigenvalue weighted by Gasteiger charge is 2.67. The molecule has 2 heterocycles. The first-order valence-corrected chi connectivity index (χ1v) is 12.0. The van der Waals surface area contributed by atoms with E-state index in [1.165, 1.54) is 0 Å². The first-order valence-electron chi connectivity index (χ1n) is 12.0. The molecule has 2 amide bonds. The summed E-state index contributed by atoms with van der Waals surface area (Å²) < 4.78 is 7.11. The maximum atomic E-state index is 13.2. The van der Waals surface area contributed by atoms with Crippen LogP contribution in [-0.4, -0.2) is 40.2 Å². The summed E-state index contributed by atoms with van der Waals surface area (Å²) in [6, 6.07) is 9.22. The lowest BCUT2D eigenvalue weighted by atomic mass is 9.63. The van der Waals surface area contributed by atoms with E-state index in [0.29, 0.717) is 24.0 Å². The molecule has 0 radical (unpaired) electrons. The van der Waals surface area contributed by atoms with Gasteiger partial charge in [-0.3, -0.25) is 9.59 Å². The molecule has 1 saturated heterocycles. The summed E-state index contributed by atoms with van der Waals surface area (Å²) in [4.78, 5) is 38.2. The van der Waals surface area contributed by atoms with E-state index in [4.69, 9.17) is 4.74 Å². The van der Waals surface area contributed by atoms with Crippen molar-refractivity contribution < 1.29 is 19.1 Å². The van der Waals surface area contributed by atoms with Gasteiger partial charge in [-0.25, -0.2) is 4.79 Å². The SMILES string of the molecule is CCOC(=O)c1ccc(-n2c(C)cc(/C=N\N3C(=O)[C@@H]4[C@H]5C=C[C@@H]([C@@H]6C[C@@H]56)[C@H]4C3=O)c2C)cc1. The van der Waals surface area contributed by atoms with E-state index >= 15 is 0 Å². The van der Waals surface area contributed by atoms with Gasteiger partial charge in [0.05, 0.1) is 30.2 Å². The molecule has 6 atom stereocenters. The van der Waals surface area contributed by atoms with Crippen LogP contribution in [0, 0.1) is 49.4 Å². The lowest BCUT2D eigenvalue weighted by molar-refractivity contribution is -0.140. The van der Waals surface area contributed by atoms with Gasteiger partial charge in [0.25, 0.3) is 11.8 Å². The van der Waals surface area contributed by atoms with Crippen LogP contribution < -0.4 is 0 Å². The molecule has 5 aliphatic rings. The number of imide groups is 1. The lowest BCUT2D eigenvalue weighted by Gasteiger charge is -2.37. The molecule has 3 fully saturated rings. The first kappa shape index (κ1) is 21.1. The van der Waals surface area contributed by atoms with E-state index in [2.05, 4.69) is 21.8 Å². The molecule has 174 valence electrons. The number of ether oxygens (including phenoxy) is 1. The second-order valence-corrected chi connectivity index (χ2v) is 9.82. The number of hydrogen-bond acceptors (Lipinski definition) is 5. The largest absolute Gasteiger partial charge is 0.462 e. The Morgan fingerprint density at radius 3 is 2.26 bits per heavy atom. The number of hydrazone groups is 1. The predicted octanol–water partition coefficient (Wildman–Crippen LogP) is 3.66. The molecular weight excluding hydrogens is 430 g/mol. The van der Waals surface area contributed by atoms with Crippen molar-refractivity contribution in [2.75, 3.05) is 6.61 Å². The molecule has 7 rings (SSSR count). The van der Waals surface area contributed by atoms with Gasteiger partial charge >= 0.3 is 5.97 Å². The van der Waals surface area contributed by atoms with Crippen molar-refractivity contribution in [3.63, 3.8) is 0 Å². The van der Waals surface area contributed by atoms with Crippen molar-refractivity contribution in [3.05, 3.63) is 65.0 Å². The number of allylic oxidation sites excluding steroid dienone is 2. The highest BCUT2D eigenvalue weighted by Crippen LogP contribution is 2.65. The third-order valence-electron chi connectivity index (χ3n) is 8.06. The fourth-order valence-corrected chi connectivity index (χ4v) is 6.45. The zero-order valence-corrected chi connectivity index (χ0v) is 19.5. The van der Waals surface area contributed by atoms with Gasteiger partial charge in [-0.05, 0) is 81.2 Å². The first-order chi connectivity index (χ1) is 16.4. The maximum Gasteiger partial charge on any atom is 0.338 e. The van der Waals surface area contributed by atoms with Crippen LogP contribution in [0.1, 0.15) is 40.7 Å². The number of amides is 2. The van der Waals surface area contributed by atoms with Crippen molar-refractivity contribution in [2.24, 2.45) is 40.6 Å². The van der Waals surface area contributed by atoms with Crippen LogP contribution in [0.2, 0.25) is 0 Å². The van der Waals surface area contributed by atoms with Gasteiger partial charge in [0, 0.05) is 22.6 Å². The predicted molar refractivity (Wildman–Crippen MR) is 125 cm³/mol. The Bertz CT molecular complexity index is 1240. The summed E-state index contributed by atoms with van der Waals surface area (Å²) in [6.07, 6.45) is 7.10. The van der Waals surface area contributed by atoms with Crippen LogP contribution in [0.25, 0.3) is 5.69 Å². The van der Waals surface area contributed by atoms with Crippen LogP contribution in [-0.2, 0) is 14.3 Å². The number of carbonyl (C=O) groups is 3. The van der Waals surface area contributed by atoms with Crippen LogP contribution >= 0.6 is 0 Å². The molecule has 1 aliphatic heterocycles. The Morgan fingerprint density at radius 1 is 1.06 bits per heavy atom. The molecular formula is C27H27N3O4. The zero-order valence-electron chi connectivity index (χ0n) is 19.5. The molecule has 2 aromatic rings. The van der Waals surface area contributed by atoms with E-state index in [0.717, 1.165) is 34.1 Å². The monoisotopic (exact) mass is 457 g/mol. The standard InChI is InChI=1S/C27H27N3O4/c1-4-34-27(33)16-5-7-18(8-6-16)29-14(2)11-17(15(29)3)13-28-30-25(31)23-19-9-10-20(22-12-21(19)22)24(23)26(30)32/h5-11,13,19-24H,4,12H2,1-3H3/b28-13-/t19-,20-,21-,22-,23+,24+/m0/s1. The average Bonchev–Trinajstić information content (AvgIpc) is 3.56. The molecule has 4 aliphatic carbocycles. The highest BCUT2D eigenvalue weighted by molar-refractivity contribution is 6.06. The van der Waals surface area contributed by atoms with E-state index in [1.54, 1.807) is 25.3 Å². The number of aromatic nitrogens is 1. The summed E-state index contributed by atoms with van der Waals surface area (Å²) >= 11 is 0. The summed E-state index contributed by atoms with van der Waals surface area (Å²) in [5.41, 5.74) is 4.17. The van der Waals surface area contributed by atoms with Crippen LogP contribution in [0.15, 0.2) is 47.6 Å². The Morgan fingerprint density at radius 2 is 1.68 bits per heavy atom. The Hall–Kier alpha value is -3.48. The van der Waals surface area contributed by atoms with Gasteiger partial charge in [-0.2, -0.15) is 10.1 Å². The quantitative estimate of drug-likeness (QED) is 0.297. The average molecular weight is 458 g/mol. The number of nitrogens with zero attached hydrogens (tertiary/aromatic N) is 3. The number of esters is 1. The van der Waals surface area contributed by atoms with Crippen molar-refractivity contribution in [3.8, 4) is 5.69 Å². The third-order valence-corrected chi connectivity index (χ3v) is 8.06. The number of carbonyl (C=O) groups excluding carboxylic acids is 3. The second kappa shape index (κ2) is 7.52. The molecule has 2 bridgehead atoms. The van der Waals surface area contributed by atoms with Gasteiger partial charge in [0.2, 0.25) is 0 Å². The Labute approximate surface area is 198 Å². The third kappa shape index (κ3) is 2.95. The zero-order chi connectivity index (χ0) is 23.7. The van der Waals surface area contributed by atoms with Gasteiger partial charge in [-0.1, -0.05) is 12.2 Å². The number of rotatable bonds is 5. The van der Waals surface area contributed by atoms with E-state index in [-0.39, 0.29) is 41.5 Å². The van der Waals surface area contributed by atoms with Crippen molar-refractivity contribution >= 4 is 24.0 Å². The summed E-state index contributed by atoms with van der Waals surface area (Å²) in [5.74, 6) is 0.404. The fraction of sp³-hybridized carbons (Fsp3) is 0.407. The molecule has 1 aromatic carbocycles. The fourth-order valence-electron chi connectivity index (χ4n) is 6.45. The minimum absolute atomic E-state index is 0.153. The molecule has 0 N–H and O–H groups in total. The lowest BCUT2D eigenvalue weighted by Crippen LogP contribution is -2.40. The molecule has 7 heteroatoms. The topological polar surface area (TPSA) is 81.0 Å². The molecule has 34 heavy (non-hydrogen) atoms. The van der Waals surface area contributed by atoms with Crippen molar-refractivity contribution in [1.29, 1.82) is 0 Å². The molecule has 7 nitrogen and oxygen atoms in total. The van der Waals surface area contributed by atoms with E-state index in [1.807, 2.05) is 32.0 Å². The van der Waals surface area contributed by atoms with Gasteiger partial charge in [0.1, 0.15) is 0 Å².